The molecule has 0 aliphatic carbocycles. The minimum absolute atomic E-state index is 0.461. The van der Waals surface area contributed by atoms with Crippen molar-refractivity contribution < 1.29 is 9.52 Å². The summed E-state index contributed by atoms with van der Waals surface area (Å²) in [6.07, 6.45) is 0.957. The molecule has 1 aromatic heterocycles. The molecule has 0 saturated heterocycles. The van der Waals surface area contributed by atoms with Crippen LogP contribution in [0.1, 0.15) is 18.8 Å². The van der Waals surface area contributed by atoms with Crippen LogP contribution in [-0.2, 0) is 0 Å². The quantitative estimate of drug-likeness (QED) is 0.534. The smallest absolute Gasteiger partial charge is 0.133 e. The van der Waals surface area contributed by atoms with Gasteiger partial charge in [0, 0.05) is 6.54 Å². The van der Waals surface area contributed by atoms with Gasteiger partial charge in [0.05, 0.1) is 12.8 Å². The highest BCUT2D eigenvalue weighted by molar-refractivity contribution is 5.03. The summed E-state index contributed by atoms with van der Waals surface area (Å²) < 4.78 is 5.03. The molecule has 2 N–H and O–H groups in total. The number of nitrogens with one attached hydrogen (secondary N) is 1. The lowest BCUT2D eigenvalue weighted by molar-refractivity contribution is 0.149. The minimum Gasteiger partial charge on any atom is -0.467 e. The van der Waals surface area contributed by atoms with Gasteiger partial charge in [0.15, 0.2) is 0 Å². The Morgan fingerprint density at radius 1 is 1.69 bits per heavy atom. The lowest BCUT2D eigenvalue weighted by Gasteiger charge is -2.06. The molecule has 0 aliphatic rings. The molecule has 1 heterocycles. The number of furan rings is 1. The SMILES string of the molecule is CC#CCNCC(O)c1ccco1. The van der Waals surface area contributed by atoms with Gasteiger partial charge in [0.1, 0.15) is 11.9 Å². The van der Waals surface area contributed by atoms with Crippen LogP contribution in [0, 0.1) is 11.8 Å². The first kappa shape index (κ1) is 9.85. The van der Waals surface area contributed by atoms with Crippen LogP contribution >= 0.6 is 0 Å². The van der Waals surface area contributed by atoms with Gasteiger partial charge in [-0.2, -0.15) is 0 Å². The molecular weight excluding hydrogens is 166 g/mol. The Kier molecular flexibility index (Phi) is 4.10. The standard InChI is InChI=1S/C10H13NO2/c1-2-3-6-11-8-9(12)10-5-4-7-13-10/h4-5,7,9,11-12H,6,8H2,1H3. The average Bonchev–Trinajstić information content (AvgIpc) is 2.65. The Morgan fingerprint density at radius 3 is 3.15 bits per heavy atom. The van der Waals surface area contributed by atoms with E-state index < -0.39 is 6.10 Å². The van der Waals surface area contributed by atoms with Gasteiger partial charge in [-0.05, 0) is 19.1 Å². The van der Waals surface area contributed by atoms with Gasteiger partial charge >= 0.3 is 0 Å². The number of aliphatic hydroxyl groups excluding tert-OH is 1. The van der Waals surface area contributed by atoms with Gasteiger partial charge in [0.2, 0.25) is 0 Å². The van der Waals surface area contributed by atoms with Crippen LogP contribution in [0.2, 0.25) is 0 Å². The lowest BCUT2D eigenvalue weighted by atomic mass is 10.3. The van der Waals surface area contributed by atoms with E-state index in [0.717, 1.165) is 0 Å². The van der Waals surface area contributed by atoms with Crippen molar-refractivity contribution in [1.82, 2.24) is 5.32 Å². The second-order valence-electron chi connectivity index (χ2n) is 2.59. The summed E-state index contributed by atoms with van der Waals surface area (Å²) in [7, 11) is 0. The Labute approximate surface area is 77.8 Å². The Hall–Kier alpha value is -1.24. The summed E-state index contributed by atoms with van der Waals surface area (Å²) in [5.41, 5.74) is 0. The predicted molar refractivity (Wildman–Crippen MR) is 50.0 cm³/mol. The number of rotatable bonds is 4. The summed E-state index contributed by atoms with van der Waals surface area (Å²) in [6.45, 7) is 2.83. The number of aliphatic hydroxyl groups is 1. The van der Waals surface area contributed by atoms with E-state index in [2.05, 4.69) is 17.2 Å². The zero-order valence-electron chi connectivity index (χ0n) is 7.58. The molecule has 1 unspecified atom stereocenters. The van der Waals surface area contributed by atoms with Crippen molar-refractivity contribution in [2.75, 3.05) is 13.1 Å². The molecule has 0 aromatic carbocycles. The van der Waals surface area contributed by atoms with Crippen molar-refractivity contribution in [3.05, 3.63) is 24.2 Å². The van der Waals surface area contributed by atoms with E-state index in [1.54, 1.807) is 25.3 Å². The van der Waals surface area contributed by atoms with Gasteiger partial charge < -0.3 is 14.8 Å². The molecule has 0 radical (unpaired) electrons. The zero-order chi connectivity index (χ0) is 9.52. The highest BCUT2D eigenvalue weighted by Crippen LogP contribution is 2.11. The molecule has 3 nitrogen and oxygen atoms in total. The Balaban J connectivity index is 2.25. The van der Waals surface area contributed by atoms with Crippen molar-refractivity contribution in [2.24, 2.45) is 0 Å². The fourth-order valence-corrected chi connectivity index (χ4v) is 0.941. The Bertz CT molecular complexity index is 282. The highest BCUT2D eigenvalue weighted by Gasteiger charge is 2.08. The van der Waals surface area contributed by atoms with E-state index in [-0.39, 0.29) is 0 Å². The summed E-state index contributed by atoms with van der Waals surface area (Å²) in [5.74, 6) is 6.19. The van der Waals surface area contributed by atoms with Crippen molar-refractivity contribution >= 4 is 0 Å². The monoisotopic (exact) mass is 179 g/mol. The molecule has 1 atom stereocenters. The normalized spacial score (nSPS) is 11.8. The second kappa shape index (κ2) is 5.41. The van der Waals surface area contributed by atoms with E-state index in [4.69, 9.17) is 4.42 Å². The van der Waals surface area contributed by atoms with Gasteiger partial charge in [-0.15, -0.1) is 5.92 Å². The molecule has 0 spiro atoms. The minimum atomic E-state index is -0.589. The van der Waals surface area contributed by atoms with Crippen LogP contribution in [0.5, 0.6) is 0 Å². The maximum Gasteiger partial charge on any atom is 0.133 e. The third kappa shape index (κ3) is 3.32. The van der Waals surface area contributed by atoms with Gasteiger partial charge in [-0.3, -0.25) is 0 Å². The largest absolute Gasteiger partial charge is 0.467 e. The highest BCUT2D eigenvalue weighted by atomic mass is 16.4. The molecule has 13 heavy (non-hydrogen) atoms. The predicted octanol–water partition coefficient (Wildman–Crippen LogP) is 0.926. The van der Waals surface area contributed by atoms with Crippen LogP contribution in [0.3, 0.4) is 0 Å². The van der Waals surface area contributed by atoms with Crippen LogP contribution in [-0.4, -0.2) is 18.2 Å². The van der Waals surface area contributed by atoms with Crippen LogP contribution in [0.25, 0.3) is 0 Å². The molecule has 70 valence electrons. The van der Waals surface area contributed by atoms with Crippen LogP contribution < -0.4 is 5.32 Å². The molecule has 1 aromatic rings. The van der Waals surface area contributed by atoms with Gasteiger partial charge in [0.25, 0.3) is 0 Å². The van der Waals surface area contributed by atoms with Crippen molar-refractivity contribution in [3.63, 3.8) is 0 Å². The third-order valence-electron chi connectivity index (χ3n) is 1.60. The average molecular weight is 179 g/mol. The van der Waals surface area contributed by atoms with E-state index in [1.807, 2.05) is 0 Å². The lowest BCUT2D eigenvalue weighted by Crippen LogP contribution is -2.21. The summed E-state index contributed by atoms with van der Waals surface area (Å²) in [4.78, 5) is 0. The van der Waals surface area contributed by atoms with Crippen LogP contribution in [0.15, 0.2) is 22.8 Å². The van der Waals surface area contributed by atoms with Crippen LogP contribution in [0.4, 0.5) is 0 Å². The van der Waals surface area contributed by atoms with E-state index in [0.29, 0.717) is 18.8 Å². The molecule has 0 bridgehead atoms. The fourth-order valence-electron chi connectivity index (χ4n) is 0.941. The molecule has 0 saturated carbocycles. The van der Waals surface area contributed by atoms with Crippen molar-refractivity contribution in [2.45, 2.75) is 13.0 Å². The first-order valence-corrected chi connectivity index (χ1v) is 4.16. The summed E-state index contributed by atoms with van der Waals surface area (Å²) in [5, 5.41) is 12.5. The third-order valence-corrected chi connectivity index (χ3v) is 1.60. The first-order chi connectivity index (χ1) is 6.34. The number of hydrogen-bond acceptors (Lipinski definition) is 3. The first-order valence-electron chi connectivity index (χ1n) is 4.16. The molecular formula is C10H13NO2. The van der Waals surface area contributed by atoms with E-state index in [1.165, 1.54) is 0 Å². The molecule has 0 aliphatic heterocycles. The van der Waals surface area contributed by atoms with Crippen molar-refractivity contribution in [3.8, 4) is 11.8 Å². The van der Waals surface area contributed by atoms with Gasteiger partial charge in [-0.1, -0.05) is 5.92 Å². The zero-order valence-corrected chi connectivity index (χ0v) is 7.58. The topological polar surface area (TPSA) is 45.4 Å². The summed E-state index contributed by atoms with van der Waals surface area (Å²) >= 11 is 0. The summed E-state index contributed by atoms with van der Waals surface area (Å²) in [6, 6.07) is 3.50. The fraction of sp³-hybridized carbons (Fsp3) is 0.400. The maximum atomic E-state index is 9.50. The molecule has 1 rings (SSSR count). The van der Waals surface area contributed by atoms with E-state index in [9.17, 15) is 5.11 Å². The molecule has 0 amide bonds. The number of hydrogen-bond donors (Lipinski definition) is 2. The van der Waals surface area contributed by atoms with Crippen molar-refractivity contribution in [1.29, 1.82) is 0 Å². The van der Waals surface area contributed by atoms with E-state index >= 15 is 0 Å². The van der Waals surface area contributed by atoms with Gasteiger partial charge in [-0.25, -0.2) is 0 Å². The second-order valence-corrected chi connectivity index (χ2v) is 2.59. The Morgan fingerprint density at radius 2 is 2.54 bits per heavy atom. The molecule has 0 fully saturated rings. The maximum absolute atomic E-state index is 9.50. The molecule has 3 heteroatoms.